The van der Waals surface area contributed by atoms with E-state index in [1.54, 1.807) is 36.7 Å². The van der Waals surface area contributed by atoms with Crippen LogP contribution < -0.4 is 4.57 Å². The van der Waals surface area contributed by atoms with Crippen LogP contribution >= 0.6 is 0 Å². The second kappa shape index (κ2) is 6.49. The number of aromatic nitrogens is 1. The van der Waals surface area contributed by atoms with Gasteiger partial charge >= 0.3 is 0 Å². The molecule has 2 aromatic carbocycles. The van der Waals surface area contributed by atoms with E-state index < -0.39 is 19.6 Å². The van der Waals surface area contributed by atoms with E-state index in [4.69, 9.17) is 22.0 Å². The molecule has 4 rings (SSSR count). The molecule has 4 aromatic rings. The Kier molecular flexibility index (Phi) is 2.56. The highest BCUT2D eigenvalue weighted by Gasteiger charge is 2.25. The summed E-state index contributed by atoms with van der Waals surface area (Å²) in [6.07, 6.45) is 0. The van der Waals surface area contributed by atoms with E-state index in [0.717, 1.165) is 23.3 Å². The highest BCUT2D eigenvalue weighted by atomic mass is 16.3. The summed E-state index contributed by atoms with van der Waals surface area (Å²) in [6, 6.07) is 8.50. The highest BCUT2D eigenvalue weighted by Crippen LogP contribution is 2.39. The van der Waals surface area contributed by atoms with E-state index in [1.807, 2.05) is 19.1 Å². The Balaban J connectivity index is 2.22. The van der Waals surface area contributed by atoms with Gasteiger partial charge in [0.25, 0.3) is 0 Å². The fourth-order valence-corrected chi connectivity index (χ4v) is 3.58. The summed E-state index contributed by atoms with van der Waals surface area (Å²) >= 11 is 0. The van der Waals surface area contributed by atoms with Gasteiger partial charge in [-0.25, -0.2) is 4.85 Å². The van der Waals surface area contributed by atoms with Crippen molar-refractivity contribution in [3.8, 4) is 11.3 Å². The van der Waals surface area contributed by atoms with Gasteiger partial charge in [-0.15, -0.1) is 0 Å². The molecule has 3 heteroatoms. The molecule has 2 heterocycles. The maximum atomic E-state index is 9.13. The minimum atomic E-state index is -2.89. The van der Waals surface area contributed by atoms with Crippen molar-refractivity contribution in [2.75, 3.05) is 0 Å². The Bertz CT molecular complexity index is 1590. The molecule has 0 saturated carbocycles. The average Bonchev–Trinajstić information content (AvgIpc) is 3.13. The van der Waals surface area contributed by atoms with Crippen molar-refractivity contribution in [1.82, 2.24) is 0 Å². The van der Waals surface area contributed by atoms with Crippen LogP contribution in [0.5, 0.6) is 0 Å². The van der Waals surface area contributed by atoms with Crippen molar-refractivity contribution >= 4 is 27.6 Å². The quantitative estimate of drug-likeness (QED) is 0.282. The largest absolute Gasteiger partial charge is 0.456 e. The molecule has 0 aliphatic rings. The summed E-state index contributed by atoms with van der Waals surface area (Å²) in [5, 5.41) is 1.52. The summed E-state index contributed by atoms with van der Waals surface area (Å²) < 4.78 is 73.9. The Labute approximate surface area is 177 Å². The van der Waals surface area contributed by atoms with Crippen molar-refractivity contribution in [2.24, 2.45) is 7.05 Å². The second-order valence-corrected chi connectivity index (χ2v) is 7.02. The molecule has 1 unspecified atom stereocenters. The third-order valence-electron chi connectivity index (χ3n) is 5.27. The van der Waals surface area contributed by atoms with Crippen molar-refractivity contribution in [3.05, 3.63) is 70.2 Å². The van der Waals surface area contributed by atoms with Crippen molar-refractivity contribution in [2.45, 2.75) is 40.4 Å². The van der Waals surface area contributed by atoms with E-state index >= 15 is 0 Å². The Morgan fingerprint density at radius 1 is 1.25 bits per heavy atom. The number of hydrogen-bond donors (Lipinski definition) is 0. The molecule has 3 nitrogen and oxygen atoms in total. The molecule has 0 spiro atoms. The topological polar surface area (TPSA) is 21.4 Å². The SMILES string of the molecule is [2H]c1c(C([2H])(C)C([2H])([2H])[2H])c(C([2H])([2H])[2H])c(C)[n+](C)c1-c1c(C)ccc2c1oc1cc([N+]#[C-])ccc12. The van der Waals surface area contributed by atoms with E-state index in [9.17, 15) is 0 Å². The van der Waals surface area contributed by atoms with Gasteiger partial charge in [-0.3, -0.25) is 0 Å². The van der Waals surface area contributed by atoms with Crippen LogP contribution in [0.3, 0.4) is 0 Å². The number of furan rings is 1. The number of nitrogens with zero attached hydrogens (tertiary/aromatic N) is 2. The van der Waals surface area contributed by atoms with Crippen LogP contribution in [-0.2, 0) is 7.05 Å². The summed E-state index contributed by atoms with van der Waals surface area (Å²) in [6.45, 7) is 6.17. The van der Waals surface area contributed by atoms with Gasteiger partial charge in [0, 0.05) is 38.9 Å². The lowest BCUT2D eigenvalue weighted by atomic mass is 9.93. The van der Waals surface area contributed by atoms with Gasteiger partial charge in [0.1, 0.15) is 18.2 Å². The van der Waals surface area contributed by atoms with Gasteiger partial charge in [-0.1, -0.05) is 38.0 Å². The maximum absolute atomic E-state index is 9.13. The number of benzene rings is 2. The van der Waals surface area contributed by atoms with Gasteiger partial charge in [-0.2, -0.15) is 4.57 Å². The third kappa shape index (κ3) is 2.60. The smallest absolute Gasteiger partial charge is 0.216 e. The first kappa shape index (κ1) is 11.0. The minimum Gasteiger partial charge on any atom is -0.456 e. The van der Waals surface area contributed by atoms with Crippen LogP contribution in [0.25, 0.3) is 38.0 Å². The molecular weight excluding hydrogens is 344 g/mol. The van der Waals surface area contributed by atoms with Crippen molar-refractivity contribution in [3.63, 3.8) is 0 Å². The molecule has 0 aliphatic heterocycles. The zero-order valence-corrected chi connectivity index (χ0v) is 16.2. The Morgan fingerprint density at radius 2 is 2.04 bits per heavy atom. The number of aryl methyl sites for hydroxylation is 1. The fraction of sp³-hybridized carbons (Fsp3) is 0.280. The lowest BCUT2D eigenvalue weighted by Gasteiger charge is -2.14. The lowest BCUT2D eigenvalue weighted by molar-refractivity contribution is -0.667. The van der Waals surface area contributed by atoms with Crippen LogP contribution in [-0.4, -0.2) is 0 Å². The number of pyridine rings is 1. The summed E-state index contributed by atoms with van der Waals surface area (Å²) in [5.41, 5.74) is 2.40. The summed E-state index contributed by atoms with van der Waals surface area (Å²) in [4.78, 5) is 3.45. The molecule has 2 aromatic heterocycles. The second-order valence-electron chi connectivity index (χ2n) is 7.02. The van der Waals surface area contributed by atoms with E-state index in [-0.39, 0.29) is 28.6 Å². The predicted octanol–water partition coefficient (Wildman–Crippen LogP) is 6.68. The molecule has 0 radical (unpaired) electrons. The molecular formula is C25H25N2O+. The number of fused-ring (bicyclic) bond motifs is 3. The summed E-state index contributed by atoms with van der Waals surface area (Å²) in [7, 11) is 1.62. The molecule has 0 N–H and O–H groups in total. The highest BCUT2D eigenvalue weighted by molar-refractivity contribution is 6.10. The maximum Gasteiger partial charge on any atom is 0.216 e. The summed E-state index contributed by atoms with van der Waals surface area (Å²) in [5.74, 6) is -2.36. The van der Waals surface area contributed by atoms with Crippen LogP contribution in [0.2, 0.25) is 0 Å². The molecule has 28 heavy (non-hydrogen) atoms. The minimum absolute atomic E-state index is 0.238. The zero-order valence-electron chi connectivity index (χ0n) is 24.2. The van der Waals surface area contributed by atoms with Crippen LogP contribution in [0.1, 0.15) is 53.0 Å². The van der Waals surface area contributed by atoms with Crippen molar-refractivity contribution in [1.29, 1.82) is 0 Å². The zero-order chi connectivity index (χ0) is 27.0. The van der Waals surface area contributed by atoms with Gasteiger partial charge in [0.05, 0.1) is 13.5 Å². The van der Waals surface area contributed by atoms with E-state index in [2.05, 4.69) is 4.85 Å². The lowest BCUT2D eigenvalue weighted by Crippen LogP contribution is -2.36. The molecule has 140 valence electrons. The fourth-order valence-electron chi connectivity index (χ4n) is 3.58. The average molecular weight is 378 g/mol. The molecule has 0 amide bonds. The molecule has 0 aliphatic carbocycles. The normalized spacial score (nSPS) is 18.7. The molecule has 1 atom stereocenters. The first-order chi connectivity index (χ1) is 16.5. The molecule has 0 saturated heterocycles. The molecule has 0 fully saturated rings. The Hall–Kier alpha value is -3.12. The van der Waals surface area contributed by atoms with Crippen molar-refractivity contribution < 1.29 is 20.0 Å². The first-order valence-electron chi connectivity index (χ1n) is 12.9. The van der Waals surface area contributed by atoms with Gasteiger partial charge in [0.15, 0.2) is 11.4 Å². The predicted molar refractivity (Wildman–Crippen MR) is 115 cm³/mol. The number of rotatable bonds is 2. The Morgan fingerprint density at radius 3 is 2.75 bits per heavy atom. The monoisotopic (exact) mass is 377 g/mol. The standard InChI is InChI=1S/C25H25N2O/c1-14(2)21-13-22(27(7)17(5)16(21)4)24-15(3)8-10-20-19-11-9-18(26-6)12-23(19)28-25(20)24/h8-14H,1-5,7H3/q+1/i1D3,4D3,13D,14D. The van der Waals surface area contributed by atoms with Gasteiger partial charge < -0.3 is 4.42 Å². The molecule has 0 bridgehead atoms. The van der Waals surface area contributed by atoms with E-state index in [1.165, 1.54) is 0 Å². The first-order valence-corrected chi connectivity index (χ1v) is 8.90. The third-order valence-corrected chi connectivity index (χ3v) is 5.27. The van der Waals surface area contributed by atoms with Crippen LogP contribution in [0.15, 0.2) is 40.8 Å². The van der Waals surface area contributed by atoms with Crippen LogP contribution in [0.4, 0.5) is 5.69 Å². The number of hydrogen-bond acceptors (Lipinski definition) is 1. The van der Waals surface area contributed by atoms with Gasteiger partial charge in [0.2, 0.25) is 5.69 Å². The van der Waals surface area contributed by atoms with Crippen LogP contribution in [0, 0.1) is 27.3 Å². The van der Waals surface area contributed by atoms with Gasteiger partial charge in [-0.05, 0) is 36.9 Å². The van der Waals surface area contributed by atoms with E-state index in [0.29, 0.717) is 22.4 Å².